The van der Waals surface area contributed by atoms with Crippen LogP contribution < -0.4 is 16.8 Å². The van der Waals surface area contributed by atoms with E-state index in [2.05, 4.69) is 20.7 Å². The lowest BCUT2D eigenvalue weighted by atomic mass is 9.89. The highest BCUT2D eigenvalue weighted by molar-refractivity contribution is 5.90. The van der Waals surface area contributed by atoms with E-state index in [1.54, 1.807) is 0 Å². The van der Waals surface area contributed by atoms with Gasteiger partial charge in [-0.3, -0.25) is 9.59 Å². The first-order chi connectivity index (χ1) is 12.4. The van der Waals surface area contributed by atoms with Gasteiger partial charge in [0, 0.05) is 13.5 Å². The molecule has 0 radical (unpaired) electrons. The summed E-state index contributed by atoms with van der Waals surface area (Å²) in [5.41, 5.74) is 11.9. The van der Waals surface area contributed by atoms with Crippen LogP contribution in [0.3, 0.4) is 0 Å². The van der Waals surface area contributed by atoms with Crippen molar-refractivity contribution in [2.45, 2.75) is 31.2 Å². The van der Waals surface area contributed by atoms with Crippen LogP contribution in [0.25, 0.3) is 0 Å². The van der Waals surface area contributed by atoms with E-state index in [0.29, 0.717) is 6.42 Å². The van der Waals surface area contributed by atoms with Crippen molar-refractivity contribution in [1.29, 1.82) is 0 Å². The molecule has 0 saturated carbocycles. The molecule has 0 aliphatic rings. The number of nitrogens with two attached hydrogens (primary N) is 2. The zero-order chi connectivity index (χ0) is 19.1. The van der Waals surface area contributed by atoms with Crippen molar-refractivity contribution in [2.75, 3.05) is 7.05 Å². The van der Waals surface area contributed by atoms with Gasteiger partial charge < -0.3 is 16.8 Å². The Kier molecular flexibility index (Phi) is 6.50. The predicted molar refractivity (Wildman–Crippen MR) is 92.0 cm³/mol. The number of nitrogens with one attached hydrogen (secondary N) is 1. The predicted octanol–water partition coefficient (Wildman–Crippen LogP) is -0.651. The van der Waals surface area contributed by atoms with Gasteiger partial charge in [-0.25, -0.2) is 4.79 Å². The maximum Gasteiger partial charge on any atom is 0.360 e. The first-order valence-corrected chi connectivity index (χ1v) is 8.06. The molecular formula is C16H21N7O3. The van der Waals surface area contributed by atoms with Crippen LogP contribution in [0.2, 0.25) is 0 Å². The topological polar surface area (TPSA) is 159 Å². The van der Waals surface area contributed by atoms with Crippen molar-refractivity contribution < 1.29 is 14.4 Å². The minimum absolute atomic E-state index is 0.00330. The molecule has 10 nitrogen and oxygen atoms in total. The molecule has 2 atom stereocenters. The number of tetrazole rings is 1. The standard InChI is InChI=1S/C16H21N7O3/c1-19-16(26)23-21-15(20-22-23)11(9-10-5-3-2-4-6-10)14(25)12(17)7-8-13(18)24/h2-6,11-12H,7-9,17H2,1H3,(H2,18,24)(H,19,26)/t11?,12-/m0/s1. The molecule has 5 N–H and O–H groups in total. The fourth-order valence-corrected chi connectivity index (χ4v) is 2.42. The van der Waals surface area contributed by atoms with E-state index in [9.17, 15) is 14.4 Å². The van der Waals surface area contributed by atoms with E-state index >= 15 is 0 Å². The van der Waals surface area contributed by atoms with Gasteiger partial charge in [-0.1, -0.05) is 35.1 Å². The molecule has 2 amide bonds. The van der Waals surface area contributed by atoms with E-state index in [0.717, 1.165) is 10.4 Å². The zero-order valence-electron chi connectivity index (χ0n) is 14.3. The minimum atomic E-state index is -0.900. The Morgan fingerprint density at radius 3 is 2.54 bits per heavy atom. The number of hydrogen-bond donors (Lipinski definition) is 3. The number of nitrogens with zero attached hydrogens (tertiary/aromatic N) is 4. The second kappa shape index (κ2) is 8.81. The van der Waals surface area contributed by atoms with Crippen molar-refractivity contribution >= 4 is 17.7 Å². The van der Waals surface area contributed by atoms with Crippen molar-refractivity contribution in [3.05, 3.63) is 41.7 Å². The van der Waals surface area contributed by atoms with Crippen molar-refractivity contribution in [1.82, 2.24) is 25.5 Å². The molecule has 10 heteroatoms. The number of amides is 2. The maximum absolute atomic E-state index is 12.8. The highest BCUT2D eigenvalue weighted by atomic mass is 16.2. The molecule has 138 valence electrons. The maximum atomic E-state index is 12.8. The van der Waals surface area contributed by atoms with E-state index in [-0.39, 0.29) is 24.4 Å². The van der Waals surface area contributed by atoms with Gasteiger partial charge in [0.15, 0.2) is 11.6 Å². The van der Waals surface area contributed by atoms with Crippen LogP contribution in [0.4, 0.5) is 4.79 Å². The van der Waals surface area contributed by atoms with Gasteiger partial charge >= 0.3 is 6.03 Å². The van der Waals surface area contributed by atoms with Crippen LogP contribution in [0.15, 0.2) is 30.3 Å². The Morgan fingerprint density at radius 1 is 1.23 bits per heavy atom. The third-order valence-corrected chi connectivity index (χ3v) is 3.83. The van der Waals surface area contributed by atoms with Crippen LogP contribution >= 0.6 is 0 Å². The van der Waals surface area contributed by atoms with E-state index < -0.39 is 23.9 Å². The Morgan fingerprint density at radius 2 is 1.92 bits per heavy atom. The quantitative estimate of drug-likeness (QED) is 0.564. The van der Waals surface area contributed by atoms with Crippen LogP contribution in [0.5, 0.6) is 0 Å². The lowest BCUT2D eigenvalue weighted by molar-refractivity contribution is -0.122. The summed E-state index contributed by atoms with van der Waals surface area (Å²) in [7, 11) is 1.43. The molecular weight excluding hydrogens is 338 g/mol. The Bertz CT molecular complexity index is 775. The fourth-order valence-electron chi connectivity index (χ4n) is 2.42. The molecule has 1 aromatic heterocycles. The average molecular weight is 359 g/mol. The van der Waals surface area contributed by atoms with Gasteiger partial charge in [0.2, 0.25) is 5.91 Å². The number of carbonyl (C=O) groups is 3. The van der Waals surface area contributed by atoms with E-state index in [1.165, 1.54) is 7.05 Å². The summed E-state index contributed by atoms with van der Waals surface area (Å²) < 4.78 is 0. The molecule has 0 aliphatic carbocycles. The van der Waals surface area contributed by atoms with E-state index in [4.69, 9.17) is 11.5 Å². The van der Waals surface area contributed by atoms with Crippen LogP contribution in [0.1, 0.15) is 30.1 Å². The molecule has 1 unspecified atom stereocenters. The van der Waals surface area contributed by atoms with Gasteiger partial charge in [-0.05, 0) is 23.6 Å². The number of benzene rings is 1. The third-order valence-electron chi connectivity index (χ3n) is 3.83. The van der Waals surface area contributed by atoms with Gasteiger partial charge in [0.1, 0.15) is 0 Å². The summed E-state index contributed by atoms with van der Waals surface area (Å²) in [4.78, 5) is 36.1. The number of primary amides is 1. The molecule has 2 aromatic rings. The summed E-state index contributed by atoms with van der Waals surface area (Å²) in [6.07, 6.45) is 0.426. The number of Topliss-reactive ketones (excluding diaryl/α,β-unsaturated/α-hetero) is 1. The van der Waals surface area contributed by atoms with Crippen molar-refractivity contribution in [2.24, 2.45) is 11.5 Å². The first-order valence-electron chi connectivity index (χ1n) is 8.06. The van der Waals surface area contributed by atoms with Gasteiger partial charge in [-0.15, -0.1) is 10.2 Å². The monoisotopic (exact) mass is 359 g/mol. The summed E-state index contributed by atoms with van der Waals surface area (Å²) in [5.74, 6) is -1.57. The smallest absolute Gasteiger partial charge is 0.360 e. The normalized spacial score (nSPS) is 13.0. The Hall–Kier alpha value is -3.14. The molecule has 1 aromatic carbocycles. The molecule has 2 rings (SSSR count). The van der Waals surface area contributed by atoms with Crippen LogP contribution in [-0.4, -0.2) is 51.0 Å². The second-order valence-corrected chi connectivity index (χ2v) is 5.75. The number of ketones is 1. The largest absolute Gasteiger partial charge is 0.370 e. The van der Waals surface area contributed by atoms with Crippen LogP contribution in [0, 0.1) is 0 Å². The van der Waals surface area contributed by atoms with E-state index in [1.807, 2.05) is 30.3 Å². The Balaban J connectivity index is 2.26. The van der Waals surface area contributed by atoms with Crippen LogP contribution in [-0.2, 0) is 16.0 Å². The van der Waals surface area contributed by atoms with Gasteiger partial charge in [0.25, 0.3) is 0 Å². The summed E-state index contributed by atoms with van der Waals surface area (Å²) in [5, 5.41) is 13.9. The molecule has 0 fully saturated rings. The first kappa shape index (κ1) is 19.2. The second-order valence-electron chi connectivity index (χ2n) is 5.75. The third kappa shape index (κ3) is 4.93. The molecule has 0 aliphatic heterocycles. The molecule has 0 saturated heterocycles. The highest BCUT2D eigenvalue weighted by Crippen LogP contribution is 2.21. The molecule has 0 bridgehead atoms. The lowest BCUT2D eigenvalue weighted by Crippen LogP contribution is -2.37. The number of aromatic nitrogens is 4. The lowest BCUT2D eigenvalue weighted by Gasteiger charge is -2.17. The highest BCUT2D eigenvalue weighted by Gasteiger charge is 2.30. The summed E-state index contributed by atoms with van der Waals surface area (Å²) in [6, 6.07) is 7.79. The number of carbonyl (C=O) groups excluding carboxylic acids is 3. The summed E-state index contributed by atoms with van der Waals surface area (Å²) in [6.45, 7) is 0. The molecule has 0 spiro atoms. The Labute approximate surface area is 149 Å². The SMILES string of the molecule is CNC(=O)n1nnc(C(Cc2ccccc2)C(=O)[C@@H](N)CCC(N)=O)n1. The van der Waals surface area contributed by atoms with Crippen molar-refractivity contribution in [3.63, 3.8) is 0 Å². The zero-order valence-corrected chi connectivity index (χ0v) is 14.3. The molecule has 1 heterocycles. The fraction of sp³-hybridized carbons (Fsp3) is 0.375. The molecule has 26 heavy (non-hydrogen) atoms. The number of hydrogen-bond acceptors (Lipinski definition) is 7. The van der Waals surface area contributed by atoms with Crippen molar-refractivity contribution in [3.8, 4) is 0 Å². The average Bonchev–Trinajstić information content (AvgIpc) is 3.13. The minimum Gasteiger partial charge on any atom is -0.370 e. The summed E-state index contributed by atoms with van der Waals surface area (Å²) >= 11 is 0. The number of rotatable bonds is 8. The van der Waals surface area contributed by atoms with Gasteiger partial charge in [-0.2, -0.15) is 0 Å². The van der Waals surface area contributed by atoms with Gasteiger partial charge in [0.05, 0.1) is 12.0 Å².